The zero-order chi connectivity index (χ0) is 18.8. The molecule has 0 aliphatic carbocycles. The van der Waals surface area contributed by atoms with E-state index in [9.17, 15) is 0 Å². The van der Waals surface area contributed by atoms with Crippen LogP contribution in [0.1, 0.15) is 5.56 Å². The Labute approximate surface area is 163 Å². The van der Waals surface area contributed by atoms with Crippen molar-refractivity contribution in [3.63, 3.8) is 0 Å². The fraction of sp³-hybridized carbons (Fsp3) is 0.0417. The van der Waals surface area contributed by atoms with Crippen LogP contribution in [-0.2, 0) is 6.54 Å². The second kappa shape index (κ2) is 7.08. The lowest BCUT2D eigenvalue weighted by Gasteiger charge is -2.06. The smallest absolute Gasteiger partial charge is 0.205 e. The molecule has 4 heteroatoms. The van der Waals surface area contributed by atoms with Gasteiger partial charge in [-0.1, -0.05) is 66.7 Å². The highest BCUT2D eigenvalue weighted by Crippen LogP contribution is 2.27. The molecule has 1 heterocycles. The van der Waals surface area contributed by atoms with Gasteiger partial charge in [-0.2, -0.15) is 0 Å². The summed E-state index contributed by atoms with van der Waals surface area (Å²) in [5.41, 5.74) is 5.29. The van der Waals surface area contributed by atoms with Crippen LogP contribution in [0.15, 0.2) is 91.0 Å². The number of H-pyrrole nitrogens is 1. The van der Waals surface area contributed by atoms with Crippen LogP contribution in [0.2, 0.25) is 0 Å². The van der Waals surface area contributed by atoms with Gasteiger partial charge in [-0.3, -0.25) is 0 Å². The first-order chi connectivity index (χ1) is 13.8. The minimum atomic E-state index is 0.742. The number of fused-ring (bicyclic) bond motifs is 2. The Kier molecular flexibility index (Phi) is 4.14. The molecule has 0 fully saturated rings. The molecule has 0 spiro atoms. The Balaban J connectivity index is 1.39. The molecule has 0 saturated carbocycles. The SMILES string of the molecule is c1ccc(CNc2ccc3[nH]c(Nc4cccc5ccccc45)nc3c2)cc1. The Morgan fingerprint density at radius 3 is 2.54 bits per heavy atom. The molecule has 0 aliphatic rings. The molecule has 4 nitrogen and oxygen atoms in total. The first kappa shape index (κ1) is 16.4. The van der Waals surface area contributed by atoms with Crippen molar-refractivity contribution in [3.05, 3.63) is 96.6 Å². The predicted octanol–water partition coefficient (Wildman–Crippen LogP) is 6.07. The molecular weight excluding hydrogens is 344 g/mol. The van der Waals surface area contributed by atoms with Crippen LogP contribution in [0.25, 0.3) is 21.8 Å². The molecule has 0 radical (unpaired) electrons. The largest absolute Gasteiger partial charge is 0.381 e. The van der Waals surface area contributed by atoms with E-state index < -0.39 is 0 Å². The van der Waals surface area contributed by atoms with Gasteiger partial charge in [0, 0.05) is 23.3 Å². The molecule has 136 valence electrons. The Morgan fingerprint density at radius 2 is 1.61 bits per heavy atom. The first-order valence-corrected chi connectivity index (χ1v) is 9.37. The fourth-order valence-electron chi connectivity index (χ4n) is 3.44. The maximum absolute atomic E-state index is 4.72. The van der Waals surface area contributed by atoms with Crippen molar-refractivity contribution < 1.29 is 0 Å². The first-order valence-electron chi connectivity index (χ1n) is 9.37. The van der Waals surface area contributed by atoms with Crippen LogP contribution < -0.4 is 10.6 Å². The molecule has 5 aromatic rings. The Hall–Kier alpha value is -3.79. The third-order valence-electron chi connectivity index (χ3n) is 4.87. The molecule has 0 atom stereocenters. The van der Waals surface area contributed by atoms with Gasteiger partial charge in [-0.05, 0) is 35.2 Å². The van der Waals surface area contributed by atoms with Crippen LogP contribution in [0.5, 0.6) is 0 Å². The van der Waals surface area contributed by atoms with E-state index in [-0.39, 0.29) is 0 Å². The van der Waals surface area contributed by atoms with Crippen LogP contribution >= 0.6 is 0 Å². The van der Waals surface area contributed by atoms with Crippen molar-refractivity contribution in [2.75, 3.05) is 10.6 Å². The number of anilines is 3. The highest BCUT2D eigenvalue weighted by atomic mass is 15.1. The number of nitrogens with one attached hydrogen (secondary N) is 3. The van der Waals surface area contributed by atoms with Gasteiger partial charge in [0.05, 0.1) is 11.0 Å². The average Bonchev–Trinajstić information content (AvgIpc) is 3.15. The van der Waals surface area contributed by atoms with Crippen molar-refractivity contribution in [1.82, 2.24) is 9.97 Å². The second-order valence-corrected chi connectivity index (χ2v) is 6.81. The summed E-state index contributed by atoms with van der Waals surface area (Å²) in [4.78, 5) is 8.08. The topological polar surface area (TPSA) is 52.7 Å². The van der Waals surface area contributed by atoms with Gasteiger partial charge in [0.2, 0.25) is 5.95 Å². The summed E-state index contributed by atoms with van der Waals surface area (Å²) in [6.45, 7) is 0.790. The number of benzene rings is 4. The highest BCUT2D eigenvalue weighted by molar-refractivity contribution is 5.95. The maximum Gasteiger partial charge on any atom is 0.205 e. The van der Waals surface area contributed by atoms with Crippen molar-refractivity contribution in [1.29, 1.82) is 0 Å². The quantitative estimate of drug-likeness (QED) is 0.355. The van der Waals surface area contributed by atoms with Gasteiger partial charge in [0.25, 0.3) is 0 Å². The molecule has 4 aromatic carbocycles. The minimum Gasteiger partial charge on any atom is -0.381 e. The van der Waals surface area contributed by atoms with Crippen molar-refractivity contribution in [3.8, 4) is 0 Å². The maximum atomic E-state index is 4.72. The van der Waals surface area contributed by atoms with E-state index in [1.807, 2.05) is 6.07 Å². The van der Waals surface area contributed by atoms with E-state index in [4.69, 9.17) is 4.98 Å². The molecule has 0 aliphatic heterocycles. The second-order valence-electron chi connectivity index (χ2n) is 6.81. The molecule has 0 unspecified atom stereocenters. The zero-order valence-corrected chi connectivity index (χ0v) is 15.3. The highest BCUT2D eigenvalue weighted by Gasteiger charge is 2.06. The molecular formula is C24H20N4. The Bertz CT molecular complexity index is 1240. The third-order valence-corrected chi connectivity index (χ3v) is 4.87. The zero-order valence-electron chi connectivity index (χ0n) is 15.3. The summed E-state index contributed by atoms with van der Waals surface area (Å²) in [6.07, 6.45) is 0. The number of hydrogen-bond acceptors (Lipinski definition) is 3. The van der Waals surface area contributed by atoms with Crippen LogP contribution in [0, 0.1) is 0 Å². The number of rotatable bonds is 5. The van der Waals surface area contributed by atoms with E-state index in [0.29, 0.717) is 0 Å². The molecule has 0 bridgehead atoms. The van der Waals surface area contributed by atoms with Crippen LogP contribution in [0.4, 0.5) is 17.3 Å². The fourth-order valence-corrected chi connectivity index (χ4v) is 3.44. The van der Waals surface area contributed by atoms with E-state index in [0.717, 1.165) is 34.9 Å². The summed E-state index contributed by atoms with van der Waals surface area (Å²) < 4.78 is 0. The standard InChI is InChI=1S/C24H20N4/c1-2-7-17(8-3-1)16-25-19-13-14-22-23(15-19)28-24(27-22)26-21-12-6-10-18-9-4-5-11-20(18)21/h1-15,25H,16H2,(H2,26,27,28). The summed E-state index contributed by atoms with van der Waals surface area (Å²) >= 11 is 0. The molecule has 1 aromatic heterocycles. The molecule has 28 heavy (non-hydrogen) atoms. The average molecular weight is 364 g/mol. The predicted molar refractivity (Wildman–Crippen MR) is 117 cm³/mol. The summed E-state index contributed by atoms with van der Waals surface area (Å²) in [6, 6.07) is 31.2. The van der Waals surface area contributed by atoms with Crippen molar-refractivity contribution >= 4 is 39.1 Å². The lowest BCUT2D eigenvalue weighted by molar-refractivity contribution is 1.15. The Morgan fingerprint density at radius 1 is 0.786 bits per heavy atom. The number of nitrogens with zero attached hydrogens (tertiary/aromatic N) is 1. The number of hydrogen-bond donors (Lipinski definition) is 3. The van der Waals surface area contributed by atoms with E-state index in [1.165, 1.54) is 16.3 Å². The van der Waals surface area contributed by atoms with E-state index in [1.54, 1.807) is 0 Å². The van der Waals surface area contributed by atoms with Gasteiger partial charge in [0.15, 0.2) is 0 Å². The number of aromatic amines is 1. The van der Waals surface area contributed by atoms with Gasteiger partial charge < -0.3 is 15.6 Å². The molecule has 0 saturated heterocycles. The van der Waals surface area contributed by atoms with E-state index in [2.05, 4.69) is 101 Å². The minimum absolute atomic E-state index is 0.742. The monoisotopic (exact) mass is 364 g/mol. The number of imidazole rings is 1. The lowest BCUT2D eigenvalue weighted by atomic mass is 10.1. The van der Waals surface area contributed by atoms with Crippen molar-refractivity contribution in [2.45, 2.75) is 6.54 Å². The number of aromatic nitrogens is 2. The van der Waals surface area contributed by atoms with E-state index >= 15 is 0 Å². The van der Waals surface area contributed by atoms with Gasteiger partial charge in [-0.15, -0.1) is 0 Å². The van der Waals surface area contributed by atoms with Gasteiger partial charge in [0.1, 0.15) is 0 Å². The third kappa shape index (κ3) is 3.28. The molecule has 3 N–H and O–H groups in total. The molecule has 5 rings (SSSR count). The normalized spacial score (nSPS) is 11.0. The summed E-state index contributed by atoms with van der Waals surface area (Å²) in [5, 5.41) is 9.27. The summed E-state index contributed by atoms with van der Waals surface area (Å²) in [5.74, 6) is 0.742. The van der Waals surface area contributed by atoms with Crippen LogP contribution in [0.3, 0.4) is 0 Å². The van der Waals surface area contributed by atoms with Gasteiger partial charge in [-0.25, -0.2) is 4.98 Å². The van der Waals surface area contributed by atoms with Crippen LogP contribution in [-0.4, -0.2) is 9.97 Å². The molecule has 0 amide bonds. The lowest BCUT2D eigenvalue weighted by Crippen LogP contribution is -1.98. The van der Waals surface area contributed by atoms with Crippen molar-refractivity contribution in [2.24, 2.45) is 0 Å². The van der Waals surface area contributed by atoms with Gasteiger partial charge >= 0.3 is 0 Å². The summed E-state index contributed by atoms with van der Waals surface area (Å²) in [7, 11) is 0.